The fourth-order valence-corrected chi connectivity index (χ4v) is 1.88. The average Bonchev–Trinajstić information content (AvgIpc) is 2.52. The van der Waals surface area contributed by atoms with Gasteiger partial charge in [-0.15, -0.1) is 0 Å². The zero-order chi connectivity index (χ0) is 17.0. The van der Waals surface area contributed by atoms with Crippen molar-refractivity contribution in [3.63, 3.8) is 0 Å². The van der Waals surface area contributed by atoms with E-state index in [4.69, 9.17) is 0 Å². The van der Waals surface area contributed by atoms with Gasteiger partial charge in [-0.25, -0.2) is 0 Å². The number of carbonyl (C=O) groups excluding carboxylic acids is 1. The number of amides is 1. The van der Waals surface area contributed by atoms with E-state index in [0.717, 1.165) is 0 Å². The molecule has 0 saturated heterocycles. The number of hydrogen-bond donors (Lipinski definition) is 1. The summed E-state index contributed by atoms with van der Waals surface area (Å²) >= 11 is 0. The molecule has 0 aromatic heterocycles. The van der Waals surface area contributed by atoms with Crippen molar-refractivity contribution < 1.29 is 14.6 Å². The van der Waals surface area contributed by atoms with E-state index >= 15 is 0 Å². The molecule has 0 aliphatic rings. The van der Waals surface area contributed by atoms with E-state index in [1.807, 2.05) is 0 Å². The van der Waals surface area contributed by atoms with Crippen molar-refractivity contribution in [3.05, 3.63) is 68.8 Å². The van der Waals surface area contributed by atoms with Crippen LogP contribution in [0.15, 0.2) is 48.5 Å². The van der Waals surface area contributed by atoms with Gasteiger partial charge in [0.1, 0.15) is 0 Å². The Hall–Kier alpha value is -3.49. The molecule has 2 rings (SSSR count). The number of non-ortho nitro benzene ring substituents is 2. The Labute approximate surface area is 130 Å². The second kappa shape index (κ2) is 6.52. The smallest absolute Gasteiger partial charge is 0.269 e. The third-order valence-corrected chi connectivity index (χ3v) is 2.91. The van der Waals surface area contributed by atoms with Crippen LogP contribution in [0.3, 0.4) is 0 Å². The number of hydrazine groups is 1. The van der Waals surface area contributed by atoms with Crippen molar-refractivity contribution in [3.8, 4) is 0 Å². The van der Waals surface area contributed by atoms with Gasteiger partial charge in [-0.2, -0.15) is 0 Å². The first-order valence-corrected chi connectivity index (χ1v) is 6.45. The van der Waals surface area contributed by atoms with Crippen LogP contribution in [0.4, 0.5) is 22.7 Å². The third-order valence-electron chi connectivity index (χ3n) is 2.91. The molecule has 0 radical (unpaired) electrons. The monoisotopic (exact) mass is 316 g/mol. The van der Waals surface area contributed by atoms with E-state index in [0.29, 0.717) is 11.4 Å². The van der Waals surface area contributed by atoms with Crippen molar-refractivity contribution in [2.45, 2.75) is 6.92 Å². The lowest BCUT2D eigenvalue weighted by molar-refractivity contribution is -0.385. The molecule has 118 valence electrons. The molecule has 0 bridgehead atoms. The lowest BCUT2D eigenvalue weighted by Gasteiger charge is -2.24. The van der Waals surface area contributed by atoms with Crippen LogP contribution in [0.2, 0.25) is 0 Å². The molecular formula is C14H12N4O5. The highest BCUT2D eigenvalue weighted by molar-refractivity contribution is 5.78. The molecule has 2 aromatic carbocycles. The van der Waals surface area contributed by atoms with Crippen molar-refractivity contribution in [1.29, 1.82) is 0 Å². The molecule has 1 amide bonds. The Morgan fingerprint density at radius 2 is 1.22 bits per heavy atom. The van der Waals surface area contributed by atoms with Crippen LogP contribution >= 0.6 is 0 Å². The molecule has 0 fully saturated rings. The summed E-state index contributed by atoms with van der Waals surface area (Å²) in [6.07, 6.45) is 0. The molecule has 9 nitrogen and oxygen atoms in total. The highest BCUT2D eigenvalue weighted by Crippen LogP contribution is 2.27. The Balaban J connectivity index is 2.38. The number of nitrogens with one attached hydrogen (secondary N) is 1. The fourth-order valence-electron chi connectivity index (χ4n) is 1.88. The summed E-state index contributed by atoms with van der Waals surface area (Å²) in [4.78, 5) is 31.7. The molecule has 0 heterocycles. The lowest BCUT2D eigenvalue weighted by atomic mass is 10.2. The minimum absolute atomic E-state index is 0.0831. The molecule has 0 aliphatic carbocycles. The van der Waals surface area contributed by atoms with Crippen LogP contribution in [-0.2, 0) is 4.79 Å². The Morgan fingerprint density at radius 1 is 0.870 bits per heavy atom. The zero-order valence-electron chi connectivity index (χ0n) is 12.0. The molecular weight excluding hydrogens is 304 g/mol. The normalized spacial score (nSPS) is 9.96. The number of anilines is 2. The topological polar surface area (TPSA) is 119 Å². The molecule has 0 aliphatic heterocycles. The van der Waals surface area contributed by atoms with E-state index in [1.54, 1.807) is 0 Å². The van der Waals surface area contributed by atoms with Crippen LogP contribution in [0, 0.1) is 20.2 Å². The Morgan fingerprint density at radius 3 is 1.48 bits per heavy atom. The largest absolute Gasteiger partial charge is 0.274 e. The van der Waals surface area contributed by atoms with E-state index in [1.165, 1.54) is 60.5 Å². The second-order valence-corrected chi connectivity index (χ2v) is 4.55. The summed E-state index contributed by atoms with van der Waals surface area (Å²) in [6, 6.07) is 11.1. The first kappa shape index (κ1) is 15.9. The van der Waals surface area contributed by atoms with Crippen molar-refractivity contribution in [1.82, 2.24) is 5.43 Å². The van der Waals surface area contributed by atoms with Crippen LogP contribution in [0.25, 0.3) is 0 Å². The number of nitro benzene ring substituents is 2. The molecule has 0 spiro atoms. The van der Waals surface area contributed by atoms with Gasteiger partial charge in [-0.05, 0) is 24.3 Å². The number of benzene rings is 2. The minimum Gasteiger partial charge on any atom is -0.274 e. The summed E-state index contributed by atoms with van der Waals surface area (Å²) in [6.45, 7) is 1.31. The van der Waals surface area contributed by atoms with Gasteiger partial charge in [-0.3, -0.25) is 35.5 Å². The first-order chi connectivity index (χ1) is 10.9. The number of nitrogens with zero attached hydrogens (tertiary/aromatic N) is 3. The summed E-state index contributed by atoms with van der Waals surface area (Å²) in [5.41, 5.74) is 3.34. The van der Waals surface area contributed by atoms with Gasteiger partial charge in [0.2, 0.25) is 5.91 Å². The van der Waals surface area contributed by atoms with Crippen molar-refractivity contribution >= 4 is 28.7 Å². The van der Waals surface area contributed by atoms with Gasteiger partial charge in [0.15, 0.2) is 0 Å². The first-order valence-electron chi connectivity index (χ1n) is 6.45. The third kappa shape index (κ3) is 3.79. The van der Waals surface area contributed by atoms with Gasteiger partial charge in [-0.1, -0.05) is 0 Å². The van der Waals surface area contributed by atoms with Crippen molar-refractivity contribution in [2.75, 3.05) is 5.01 Å². The number of nitro groups is 2. The van der Waals surface area contributed by atoms with Crippen LogP contribution in [-0.4, -0.2) is 15.8 Å². The van der Waals surface area contributed by atoms with Gasteiger partial charge in [0.25, 0.3) is 11.4 Å². The lowest BCUT2D eigenvalue weighted by Crippen LogP contribution is -2.37. The maximum atomic E-state index is 11.4. The number of rotatable bonds is 5. The summed E-state index contributed by atoms with van der Waals surface area (Å²) in [7, 11) is 0. The summed E-state index contributed by atoms with van der Waals surface area (Å²) in [5, 5.41) is 22.8. The van der Waals surface area contributed by atoms with E-state index in [2.05, 4.69) is 5.43 Å². The average molecular weight is 316 g/mol. The summed E-state index contributed by atoms with van der Waals surface area (Å²) in [5.74, 6) is -0.360. The SMILES string of the molecule is CC(=O)NN(c1ccc([N+](=O)[O-])cc1)c1ccc([N+](=O)[O-])cc1. The predicted molar refractivity (Wildman–Crippen MR) is 82.1 cm³/mol. The molecule has 0 unspecified atom stereocenters. The van der Waals surface area contributed by atoms with E-state index in [9.17, 15) is 25.0 Å². The minimum atomic E-state index is -0.529. The maximum absolute atomic E-state index is 11.4. The summed E-state index contributed by atoms with van der Waals surface area (Å²) < 4.78 is 0. The molecule has 0 saturated carbocycles. The number of carbonyl (C=O) groups is 1. The van der Waals surface area contributed by atoms with Crippen LogP contribution < -0.4 is 10.4 Å². The van der Waals surface area contributed by atoms with Crippen LogP contribution in [0.5, 0.6) is 0 Å². The Kier molecular flexibility index (Phi) is 4.50. The molecule has 0 atom stereocenters. The molecule has 23 heavy (non-hydrogen) atoms. The Bertz CT molecular complexity index is 685. The fraction of sp³-hybridized carbons (Fsp3) is 0.0714. The van der Waals surface area contributed by atoms with Gasteiger partial charge in [0.05, 0.1) is 21.2 Å². The second-order valence-electron chi connectivity index (χ2n) is 4.55. The molecule has 9 heteroatoms. The molecule has 2 aromatic rings. The van der Waals surface area contributed by atoms with Gasteiger partial charge in [0, 0.05) is 31.2 Å². The van der Waals surface area contributed by atoms with E-state index in [-0.39, 0.29) is 17.3 Å². The highest BCUT2D eigenvalue weighted by Gasteiger charge is 2.14. The van der Waals surface area contributed by atoms with Gasteiger partial charge < -0.3 is 0 Å². The molecule has 1 N–H and O–H groups in total. The zero-order valence-corrected chi connectivity index (χ0v) is 12.0. The van der Waals surface area contributed by atoms with Gasteiger partial charge >= 0.3 is 0 Å². The van der Waals surface area contributed by atoms with E-state index < -0.39 is 9.85 Å². The number of hydrogen-bond acceptors (Lipinski definition) is 6. The van der Waals surface area contributed by atoms with Crippen molar-refractivity contribution in [2.24, 2.45) is 0 Å². The maximum Gasteiger partial charge on any atom is 0.269 e. The van der Waals surface area contributed by atoms with Crippen LogP contribution in [0.1, 0.15) is 6.92 Å². The highest BCUT2D eigenvalue weighted by atomic mass is 16.6. The predicted octanol–water partition coefficient (Wildman–Crippen LogP) is 2.69. The standard InChI is InChI=1S/C14H12N4O5/c1-10(19)15-16(11-2-6-13(7-3-11)17(20)21)12-4-8-14(9-5-12)18(22)23/h2-9H,1H3,(H,15,19). The quantitative estimate of drug-likeness (QED) is 0.669.